The third-order valence-electron chi connectivity index (χ3n) is 5.28. The predicted octanol–water partition coefficient (Wildman–Crippen LogP) is 6.11. The molecule has 4 aromatic carbocycles. The molecule has 0 atom stereocenters. The first-order chi connectivity index (χ1) is 15.1. The highest BCUT2D eigenvalue weighted by Crippen LogP contribution is 2.55. The van der Waals surface area contributed by atoms with Gasteiger partial charge in [0, 0.05) is 5.02 Å². The number of benzene rings is 4. The van der Waals surface area contributed by atoms with Crippen molar-refractivity contribution < 1.29 is 5.11 Å². The molecule has 0 bridgehead atoms. The van der Waals surface area contributed by atoms with Gasteiger partial charge in [-0.1, -0.05) is 85.3 Å². The SMILES string of the molecule is CCC[P+](c1ccccc1)(c1ccccc1)c1ccccc1.Cc1cc([O-])ccc1Cl. The largest absolute Gasteiger partial charge is 0.872 e. The summed E-state index contributed by atoms with van der Waals surface area (Å²) >= 11 is 5.64. The molecule has 0 radical (unpaired) electrons. The van der Waals surface area contributed by atoms with Crippen LogP contribution in [0.3, 0.4) is 0 Å². The van der Waals surface area contributed by atoms with Gasteiger partial charge in [-0.15, -0.1) is 5.75 Å². The van der Waals surface area contributed by atoms with Gasteiger partial charge in [-0.2, -0.15) is 0 Å². The van der Waals surface area contributed by atoms with Crippen molar-refractivity contribution in [1.82, 2.24) is 0 Å². The van der Waals surface area contributed by atoms with E-state index in [1.54, 1.807) is 6.07 Å². The molecular weight excluding hydrogens is 419 g/mol. The lowest BCUT2D eigenvalue weighted by molar-refractivity contribution is -0.268. The summed E-state index contributed by atoms with van der Waals surface area (Å²) in [5, 5.41) is 15.7. The molecule has 0 aliphatic rings. The Hall–Kier alpha value is -2.60. The number of hydrogen-bond acceptors (Lipinski definition) is 1. The molecule has 0 N–H and O–H groups in total. The van der Waals surface area contributed by atoms with Gasteiger partial charge in [0.1, 0.15) is 23.2 Å². The summed E-state index contributed by atoms with van der Waals surface area (Å²) in [5.41, 5.74) is 0.837. The van der Waals surface area contributed by atoms with Crippen LogP contribution in [0.5, 0.6) is 5.75 Å². The zero-order valence-electron chi connectivity index (χ0n) is 18.0. The molecule has 31 heavy (non-hydrogen) atoms. The Morgan fingerprint density at radius 3 is 1.42 bits per heavy atom. The standard InChI is InChI=1S/C21H22P.C7H7ClO/c1-2-18-22(19-12-6-3-7-13-19,20-14-8-4-9-15-20)21-16-10-5-11-17-21;1-5-4-6(9)2-3-7(5)8/h3-17H,2,18H2,1H3;2-4,9H,1H3/q+1;/p-1. The molecule has 0 aliphatic heterocycles. The zero-order valence-corrected chi connectivity index (χ0v) is 19.7. The van der Waals surface area contributed by atoms with Gasteiger partial charge in [0.2, 0.25) is 0 Å². The van der Waals surface area contributed by atoms with Crippen LogP contribution in [-0.4, -0.2) is 6.16 Å². The maximum Gasteiger partial charge on any atom is 0.112 e. The third-order valence-corrected chi connectivity index (χ3v) is 10.4. The van der Waals surface area contributed by atoms with Crippen molar-refractivity contribution in [3.05, 3.63) is 120 Å². The van der Waals surface area contributed by atoms with Crippen molar-refractivity contribution >= 4 is 34.8 Å². The van der Waals surface area contributed by atoms with Crippen LogP contribution in [0.15, 0.2) is 109 Å². The summed E-state index contributed by atoms with van der Waals surface area (Å²) in [7, 11) is -1.55. The minimum atomic E-state index is -1.55. The highest BCUT2D eigenvalue weighted by Gasteiger charge is 2.43. The second-order valence-electron chi connectivity index (χ2n) is 7.45. The van der Waals surface area contributed by atoms with Crippen LogP contribution >= 0.6 is 18.9 Å². The molecule has 4 rings (SSSR count). The Morgan fingerprint density at radius 1 is 0.677 bits per heavy atom. The minimum absolute atomic E-state index is 0.0110. The molecule has 0 unspecified atom stereocenters. The molecule has 0 saturated carbocycles. The van der Waals surface area contributed by atoms with Crippen LogP contribution in [0.2, 0.25) is 5.02 Å². The third kappa shape index (κ3) is 5.56. The van der Waals surface area contributed by atoms with E-state index in [1.165, 1.54) is 40.6 Å². The first-order valence-corrected chi connectivity index (χ1v) is 12.9. The molecule has 0 fully saturated rings. The van der Waals surface area contributed by atoms with Gasteiger partial charge >= 0.3 is 0 Å². The van der Waals surface area contributed by atoms with Crippen molar-refractivity contribution in [3.8, 4) is 5.75 Å². The summed E-state index contributed by atoms with van der Waals surface area (Å²) in [4.78, 5) is 0. The van der Waals surface area contributed by atoms with Crippen LogP contribution in [-0.2, 0) is 0 Å². The summed E-state index contributed by atoms with van der Waals surface area (Å²) in [6, 6.07) is 37.8. The zero-order chi connectivity index (χ0) is 22.1. The average molecular weight is 447 g/mol. The maximum absolute atomic E-state index is 10.6. The molecule has 0 saturated heterocycles. The van der Waals surface area contributed by atoms with E-state index in [0.29, 0.717) is 5.02 Å². The molecule has 1 nitrogen and oxygen atoms in total. The Balaban J connectivity index is 0.000000254. The van der Waals surface area contributed by atoms with Crippen molar-refractivity contribution in [3.63, 3.8) is 0 Å². The molecule has 0 spiro atoms. The molecule has 3 heteroatoms. The summed E-state index contributed by atoms with van der Waals surface area (Å²) in [5.74, 6) is 0.0110. The van der Waals surface area contributed by atoms with Gasteiger partial charge in [0.15, 0.2) is 0 Å². The Morgan fingerprint density at radius 2 is 1.10 bits per heavy atom. The van der Waals surface area contributed by atoms with E-state index in [2.05, 4.69) is 97.9 Å². The van der Waals surface area contributed by atoms with Crippen LogP contribution in [0.25, 0.3) is 0 Å². The monoisotopic (exact) mass is 446 g/mol. The van der Waals surface area contributed by atoms with Crippen molar-refractivity contribution in [2.45, 2.75) is 20.3 Å². The van der Waals surface area contributed by atoms with E-state index in [4.69, 9.17) is 11.6 Å². The first kappa shape index (κ1) is 23.1. The molecular formula is C28H28ClOP. The fraction of sp³-hybridized carbons (Fsp3) is 0.143. The summed E-state index contributed by atoms with van der Waals surface area (Å²) in [6.07, 6.45) is 2.40. The molecule has 158 valence electrons. The van der Waals surface area contributed by atoms with Crippen molar-refractivity contribution in [1.29, 1.82) is 0 Å². The van der Waals surface area contributed by atoms with Gasteiger partial charge in [-0.25, -0.2) is 0 Å². The number of rotatable bonds is 5. The van der Waals surface area contributed by atoms with Gasteiger partial charge in [-0.3, -0.25) is 0 Å². The highest BCUT2D eigenvalue weighted by atomic mass is 35.5. The lowest BCUT2D eigenvalue weighted by atomic mass is 10.2. The van der Waals surface area contributed by atoms with E-state index < -0.39 is 7.26 Å². The molecule has 0 aliphatic carbocycles. The molecule has 0 amide bonds. The molecule has 4 aromatic rings. The van der Waals surface area contributed by atoms with E-state index in [0.717, 1.165) is 5.56 Å². The highest BCUT2D eigenvalue weighted by molar-refractivity contribution is 7.95. The topological polar surface area (TPSA) is 23.1 Å². The van der Waals surface area contributed by atoms with Gasteiger partial charge in [0.05, 0.1) is 6.16 Å². The maximum atomic E-state index is 10.6. The predicted molar refractivity (Wildman–Crippen MR) is 136 cm³/mol. The van der Waals surface area contributed by atoms with Crippen molar-refractivity contribution in [2.75, 3.05) is 6.16 Å². The lowest BCUT2D eigenvalue weighted by Gasteiger charge is -2.27. The normalized spacial score (nSPS) is 10.8. The van der Waals surface area contributed by atoms with Crippen LogP contribution in [0.1, 0.15) is 18.9 Å². The molecule has 0 aromatic heterocycles. The molecule has 0 heterocycles. The van der Waals surface area contributed by atoms with E-state index in [9.17, 15) is 5.11 Å². The van der Waals surface area contributed by atoms with Gasteiger partial charge < -0.3 is 5.11 Å². The van der Waals surface area contributed by atoms with Crippen molar-refractivity contribution in [2.24, 2.45) is 0 Å². The smallest absolute Gasteiger partial charge is 0.112 e. The Kier molecular flexibility index (Phi) is 8.29. The summed E-state index contributed by atoms with van der Waals surface area (Å²) in [6.45, 7) is 4.10. The van der Waals surface area contributed by atoms with Gasteiger partial charge in [0.25, 0.3) is 0 Å². The van der Waals surface area contributed by atoms with Gasteiger partial charge in [-0.05, 0) is 61.4 Å². The quantitative estimate of drug-likeness (QED) is 0.339. The van der Waals surface area contributed by atoms with Crippen LogP contribution < -0.4 is 21.0 Å². The number of aryl methyl sites for hydroxylation is 1. The second kappa shape index (κ2) is 11.1. The fourth-order valence-electron chi connectivity index (χ4n) is 3.83. The van der Waals surface area contributed by atoms with E-state index in [-0.39, 0.29) is 5.75 Å². The van der Waals surface area contributed by atoms with Crippen LogP contribution in [0.4, 0.5) is 0 Å². The number of halogens is 1. The minimum Gasteiger partial charge on any atom is -0.872 e. The van der Waals surface area contributed by atoms with E-state index >= 15 is 0 Å². The Bertz CT molecular complexity index is 969. The van der Waals surface area contributed by atoms with E-state index in [1.807, 2.05) is 6.92 Å². The fourth-order valence-corrected chi connectivity index (χ4v) is 8.34. The average Bonchev–Trinajstić information content (AvgIpc) is 2.82. The summed E-state index contributed by atoms with van der Waals surface area (Å²) < 4.78 is 0. The number of hydrogen-bond donors (Lipinski definition) is 0. The lowest BCUT2D eigenvalue weighted by Crippen LogP contribution is -2.33. The second-order valence-corrected chi connectivity index (χ2v) is 11.5. The first-order valence-electron chi connectivity index (χ1n) is 10.6. The van der Waals surface area contributed by atoms with Crippen LogP contribution in [0, 0.1) is 6.92 Å². The Labute approximate surface area is 191 Å².